The van der Waals surface area contributed by atoms with Gasteiger partial charge in [0.1, 0.15) is 0 Å². The van der Waals surface area contributed by atoms with Gasteiger partial charge in [0.15, 0.2) is 0 Å². The summed E-state index contributed by atoms with van der Waals surface area (Å²) in [4.78, 5) is 0. The van der Waals surface area contributed by atoms with Crippen molar-refractivity contribution in [1.82, 2.24) is 0 Å². The van der Waals surface area contributed by atoms with E-state index in [4.69, 9.17) is 5.73 Å². The van der Waals surface area contributed by atoms with Gasteiger partial charge in [-0.25, -0.2) is 0 Å². The molecule has 0 aliphatic heterocycles. The van der Waals surface area contributed by atoms with Crippen LogP contribution in [0.4, 0.5) is 0 Å². The zero-order valence-electron chi connectivity index (χ0n) is 10.7. The first-order chi connectivity index (χ1) is 6.63. The topological polar surface area (TPSA) is 46.2 Å². The highest BCUT2D eigenvalue weighted by Crippen LogP contribution is 2.73. The molecule has 3 N–H and O–H groups in total. The second-order valence-corrected chi connectivity index (χ2v) is 6.25. The Balaban J connectivity index is 2.76. The van der Waals surface area contributed by atoms with Crippen molar-refractivity contribution < 1.29 is 5.11 Å². The maximum atomic E-state index is 10.4. The van der Waals surface area contributed by atoms with Gasteiger partial charge in [0.05, 0.1) is 6.10 Å². The lowest BCUT2D eigenvalue weighted by Gasteiger charge is -2.41. The molecule has 2 bridgehead atoms. The van der Waals surface area contributed by atoms with Gasteiger partial charge in [-0.15, -0.1) is 0 Å². The molecule has 0 spiro atoms. The van der Waals surface area contributed by atoms with Crippen molar-refractivity contribution in [3.63, 3.8) is 0 Å². The van der Waals surface area contributed by atoms with E-state index in [0.717, 1.165) is 0 Å². The Bertz CT molecular complexity index is 326. The molecule has 1 fully saturated rings. The number of nitrogens with two attached hydrogens (primary N) is 1. The largest absolute Gasteiger partial charge is 0.391 e. The number of hydrogen-bond acceptors (Lipinski definition) is 2. The molecule has 2 nitrogen and oxygen atoms in total. The highest BCUT2D eigenvalue weighted by atomic mass is 16.3. The summed E-state index contributed by atoms with van der Waals surface area (Å²) in [6, 6.07) is -0.138. The average Bonchev–Trinajstić information content (AvgIpc) is 2.34. The molecule has 2 heteroatoms. The third-order valence-corrected chi connectivity index (χ3v) is 6.32. The van der Waals surface area contributed by atoms with Crippen molar-refractivity contribution in [2.75, 3.05) is 0 Å². The van der Waals surface area contributed by atoms with Gasteiger partial charge in [-0.1, -0.05) is 38.8 Å². The van der Waals surface area contributed by atoms with Crippen LogP contribution in [-0.2, 0) is 0 Å². The Morgan fingerprint density at radius 1 is 1.00 bits per heavy atom. The van der Waals surface area contributed by atoms with Crippen molar-refractivity contribution in [3.8, 4) is 0 Å². The van der Waals surface area contributed by atoms with Gasteiger partial charge in [-0.05, 0) is 19.3 Å². The smallest absolute Gasteiger partial charge is 0.0795 e. The highest BCUT2D eigenvalue weighted by Gasteiger charge is 2.72. The summed E-state index contributed by atoms with van der Waals surface area (Å²) in [5.74, 6) is 0. The van der Waals surface area contributed by atoms with Crippen LogP contribution in [0.1, 0.15) is 41.5 Å². The Hall–Kier alpha value is -0.340. The zero-order valence-corrected chi connectivity index (χ0v) is 10.7. The quantitative estimate of drug-likeness (QED) is 0.600. The van der Waals surface area contributed by atoms with Crippen LogP contribution in [0.2, 0.25) is 0 Å². The fraction of sp³-hybridized carbons (Fsp3) is 0.846. The van der Waals surface area contributed by atoms with E-state index >= 15 is 0 Å². The minimum Gasteiger partial charge on any atom is -0.391 e. The van der Waals surface area contributed by atoms with E-state index in [1.807, 2.05) is 0 Å². The molecule has 0 aromatic rings. The second kappa shape index (κ2) is 2.49. The summed E-state index contributed by atoms with van der Waals surface area (Å²) in [5.41, 5.74) is 8.76. The molecule has 15 heavy (non-hydrogen) atoms. The van der Waals surface area contributed by atoms with Gasteiger partial charge in [0.2, 0.25) is 0 Å². The van der Waals surface area contributed by atoms with Crippen LogP contribution in [0.5, 0.6) is 0 Å². The molecule has 0 heterocycles. The lowest BCUT2D eigenvalue weighted by Crippen LogP contribution is -2.48. The molecular weight excluding hydrogens is 186 g/mol. The minimum atomic E-state index is -0.416. The van der Waals surface area contributed by atoms with Crippen LogP contribution >= 0.6 is 0 Å². The normalized spacial score (nSPS) is 52.8. The van der Waals surface area contributed by atoms with Crippen molar-refractivity contribution in [2.45, 2.75) is 53.7 Å². The minimum absolute atomic E-state index is 0.0347. The highest BCUT2D eigenvalue weighted by molar-refractivity contribution is 5.45. The van der Waals surface area contributed by atoms with Crippen LogP contribution < -0.4 is 5.73 Å². The SMILES string of the molecule is CC1=C(C)C2(C)C(O)C(N)C1(C)C2(C)C. The molecule has 0 radical (unpaired) electrons. The molecule has 0 amide bonds. The number of rotatable bonds is 0. The molecule has 4 atom stereocenters. The summed E-state index contributed by atoms with van der Waals surface area (Å²) in [5, 5.41) is 10.4. The third-order valence-electron chi connectivity index (χ3n) is 6.32. The van der Waals surface area contributed by atoms with Gasteiger partial charge in [0.25, 0.3) is 0 Å². The van der Waals surface area contributed by atoms with E-state index in [0.29, 0.717) is 0 Å². The summed E-state index contributed by atoms with van der Waals surface area (Å²) in [6.07, 6.45) is -0.416. The first-order valence-electron chi connectivity index (χ1n) is 5.75. The van der Waals surface area contributed by atoms with Crippen LogP contribution in [0.3, 0.4) is 0 Å². The van der Waals surface area contributed by atoms with Gasteiger partial charge in [0, 0.05) is 16.9 Å². The predicted octanol–water partition coefficient (Wildman–Crippen LogP) is 2.08. The average molecular weight is 209 g/mol. The molecule has 2 aliphatic carbocycles. The lowest BCUT2D eigenvalue weighted by atomic mass is 9.62. The van der Waals surface area contributed by atoms with E-state index in [9.17, 15) is 5.11 Å². The van der Waals surface area contributed by atoms with E-state index < -0.39 is 6.10 Å². The fourth-order valence-electron chi connectivity index (χ4n) is 4.19. The Morgan fingerprint density at radius 3 is 1.73 bits per heavy atom. The Morgan fingerprint density at radius 2 is 1.40 bits per heavy atom. The molecular formula is C13H23NO. The van der Waals surface area contributed by atoms with Crippen LogP contribution in [0.15, 0.2) is 11.1 Å². The number of aliphatic hydroxyl groups excluding tert-OH is 1. The summed E-state index contributed by atoms with van der Waals surface area (Å²) in [7, 11) is 0. The van der Waals surface area contributed by atoms with Gasteiger partial charge in [-0.2, -0.15) is 0 Å². The maximum absolute atomic E-state index is 10.4. The number of fused-ring (bicyclic) bond motifs is 2. The lowest BCUT2D eigenvalue weighted by molar-refractivity contribution is 0.0308. The molecule has 86 valence electrons. The summed E-state index contributed by atoms with van der Waals surface area (Å²) < 4.78 is 0. The standard InChI is InChI=1S/C13H23NO/c1-7-8(2)13(6)10(15)9(14)12(7,5)11(13,3)4/h9-10,15H,14H2,1-6H3. The van der Waals surface area contributed by atoms with Crippen LogP contribution in [0.25, 0.3) is 0 Å². The third kappa shape index (κ3) is 0.753. The second-order valence-electron chi connectivity index (χ2n) is 6.25. The summed E-state index contributed by atoms with van der Waals surface area (Å²) >= 11 is 0. The molecule has 0 aromatic carbocycles. The predicted molar refractivity (Wildman–Crippen MR) is 62.4 cm³/mol. The number of aliphatic hydroxyl groups is 1. The molecule has 0 saturated heterocycles. The van der Waals surface area contributed by atoms with E-state index in [2.05, 4.69) is 41.5 Å². The first-order valence-corrected chi connectivity index (χ1v) is 5.75. The van der Waals surface area contributed by atoms with E-state index in [1.165, 1.54) is 11.1 Å². The fourth-order valence-corrected chi connectivity index (χ4v) is 4.19. The van der Waals surface area contributed by atoms with Crippen LogP contribution in [0, 0.1) is 16.2 Å². The number of hydrogen-bond donors (Lipinski definition) is 2. The van der Waals surface area contributed by atoms with E-state index in [-0.39, 0.29) is 22.3 Å². The Labute approximate surface area is 92.6 Å². The van der Waals surface area contributed by atoms with Gasteiger partial charge in [-0.3, -0.25) is 0 Å². The zero-order chi connectivity index (χ0) is 11.8. The van der Waals surface area contributed by atoms with Crippen molar-refractivity contribution in [2.24, 2.45) is 22.0 Å². The van der Waals surface area contributed by atoms with Crippen molar-refractivity contribution >= 4 is 0 Å². The van der Waals surface area contributed by atoms with Crippen molar-refractivity contribution in [3.05, 3.63) is 11.1 Å². The maximum Gasteiger partial charge on any atom is 0.0795 e. The Kier molecular flexibility index (Phi) is 1.85. The van der Waals surface area contributed by atoms with E-state index in [1.54, 1.807) is 0 Å². The molecule has 2 rings (SSSR count). The van der Waals surface area contributed by atoms with Gasteiger partial charge < -0.3 is 10.8 Å². The molecule has 4 unspecified atom stereocenters. The van der Waals surface area contributed by atoms with Crippen molar-refractivity contribution in [1.29, 1.82) is 0 Å². The van der Waals surface area contributed by atoms with Crippen LogP contribution in [-0.4, -0.2) is 17.3 Å². The molecule has 1 saturated carbocycles. The molecule has 0 aromatic heterocycles. The first kappa shape index (κ1) is 11.2. The summed E-state index contributed by atoms with van der Waals surface area (Å²) in [6.45, 7) is 13.2. The van der Waals surface area contributed by atoms with Gasteiger partial charge >= 0.3 is 0 Å². The monoisotopic (exact) mass is 209 g/mol. The molecule has 2 aliphatic rings.